The Morgan fingerprint density at radius 1 is 1.29 bits per heavy atom. The maximum absolute atomic E-state index is 11.6. The molecule has 3 N–H and O–H groups in total. The Morgan fingerprint density at radius 3 is 2.48 bits per heavy atom. The molecule has 0 radical (unpaired) electrons. The van der Waals surface area contributed by atoms with Crippen molar-refractivity contribution in [2.45, 2.75) is 18.4 Å². The lowest BCUT2D eigenvalue weighted by atomic mass is 10.2. The second-order valence-electron chi connectivity index (χ2n) is 4.10. The Bertz CT molecular complexity index is 615. The van der Waals surface area contributed by atoms with Crippen molar-refractivity contribution in [1.82, 2.24) is 15.4 Å². The zero-order chi connectivity index (χ0) is 15.7. The molecule has 114 valence electrons. The summed E-state index contributed by atoms with van der Waals surface area (Å²) >= 11 is 0. The molecule has 0 atom stereocenters. The van der Waals surface area contributed by atoms with Crippen molar-refractivity contribution in [3.05, 3.63) is 29.8 Å². The number of nitrogens with zero attached hydrogens (tertiary/aromatic N) is 1. The van der Waals surface area contributed by atoms with E-state index in [4.69, 9.17) is 6.42 Å². The van der Waals surface area contributed by atoms with E-state index in [1.165, 1.54) is 7.05 Å². The molecule has 1 rings (SSSR count). The fraction of sp³-hybridized carbons (Fsp3) is 0.357. The summed E-state index contributed by atoms with van der Waals surface area (Å²) in [5, 5.41) is 6.05. The first-order chi connectivity index (χ1) is 10.0. The number of sulfonamides is 1. The van der Waals surface area contributed by atoms with Crippen molar-refractivity contribution in [3.63, 3.8) is 0 Å². The van der Waals surface area contributed by atoms with Gasteiger partial charge < -0.3 is 10.6 Å². The van der Waals surface area contributed by atoms with E-state index in [1.54, 1.807) is 24.3 Å². The summed E-state index contributed by atoms with van der Waals surface area (Å²) in [6.45, 7) is 3.52. The van der Waals surface area contributed by atoms with Crippen LogP contribution in [0.3, 0.4) is 0 Å². The zero-order valence-corrected chi connectivity index (χ0v) is 13.0. The maximum Gasteiger partial charge on any atom is 0.240 e. The van der Waals surface area contributed by atoms with Gasteiger partial charge in [-0.05, 0) is 31.7 Å². The Morgan fingerprint density at radius 2 is 1.95 bits per heavy atom. The average molecular weight is 308 g/mol. The Kier molecular flexibility index (Phi) is 6.72. The lowest BCUT2D eigenvalue weighted by Gasteiger charge is -2.09. The maximum atomic E-state index is 11.6. The number of aliphatic imine (C=N–C) groups is 1. The molecule has 0 heterocycles. The summed E-state index contributed by atoms with van der Waals surface area (Å²) in [5.74, 6) is 3.11. The average Bonchev–Trinajstić information content (AvgIpc) is 2.50. The fourth-order valence-electron chi connectivity index (χ4n) is 1.54. The molecule has 0 aromatic heterocycles. The normalized spacial score (nSPS) is 11.8. The van der Waals surface area contributed by atoms with Gasteiger partial charge in [-0.3, -0.25) is 0 Å². The van der Waals surface area contributed by atoms with Gasteiger partial charge in [-0.15, -0.1) is 6.42 Å². The van der Waals surface area contributed by atoms with Crippen LogP contribution in [0.5, 0.6) is 0 Å². The first kappa shape index (κ1) is 17.0. The highest BCUT2D eigenvalue weighted by Crippen LogP contribution is 2.10. The van der Waals surface area contributed by atoms with E-state index in [1.807, 2.05) is 6.92 Å². The standard InChI is InChI=1S/C14H20N4O2S/c1-4-10-17-14(16-5-2)18-11-12-6-8-13(9-7-12)21(19,20)15-3/h1,6-9,15H,5,10-11H2,2-3H3,(H2,16,17,18). The molecule has 0 aliphatic heterocycles. The zero-order valence-electron chi connectivity index (χ0n) is 12.2. The van der Waals surface area contributed by atoms with E-state index >= 15 is 0 Å². The van der Waals surface area contributed by atoms with E-state index < -0.39 is 10.0 Å². The number of terminal acetylenes is 1. The first-order valence-electron chi connectivity index (χ1n) is 6.51. The predicted octanol–water partition coefficient (Wildman–Crippen LogP) is 0.283. The molecular formula is C14H20N4O2S. The molecule has 0 unspecified atom stereocenters. The molecule has 21 heavy (non-hydrogen) atoms. The van der Waals surface area contributed by atoms with Crippen LogP contribution in [0.15, 0.2) is 34.2 Å². The van der Waals surface area contributed by atoms with Gasteiger partial charge in [-0.25, -0.2) is 18.1 Å². The Labute approximate surface area is 126 Å². The van der Waals surface area contributed by atoms with Crippen molar-refractivity contribution in [2.24, 2.45) is 4.99 Å². The summed E-state index contributed by atoms with van der Waals surface area (Å²) in [6, 6.07) is 6.58. The van der Waals surface area contributed by atoms with Gasteiger partial charge >= 0.3 is 0 Å². The van der Waals surface area contributed by atoms with Crippen LogP contribution in [0, 0.1) is 12.3 Å². The van der Waals surface area contributed by atoms with Gasteiger partial charge in [-0.1, -0.05) is 18.1 Å². The van der Waals surface area contributed by atoms with E-state index in [2.05, 4.69) is 26.3 Å². The SMILES string of the molecule is C#CCNC(=NCc1ccc(S(=O)(=O)NC)cc1)NCC. The highest BCUT2D eigenvalue weighted by atomic mass is 32.2. The van der Waals surface area contributed by atoms with Crippen LogP contribution in [-0.4, -0.2) is 34.5 Å². The third-order valence-corrected chi connectivity index (χ3v) is 4.05. The van der Waals surface area contributed by atoms with Crippen molar-refractivity contribution >= 4 is 16.0 Å². The van der Waals surface area contributed by atoms with Gasteiger partial charge in [0, 0.05) is 6.54 Å². The van der Waals surface area contributed by atoms with Crippen molar-refractivity contribution < 1.29 is 8.42 Å². The number of rotatable bonds is 6. The molecule has 0 saturated carbocycles. The number of benzene rings is 1. The number of hydrogen-bond donors (Lipinski definition) is 3. The lowest BCUT2D eigenvalue weighted by molar-refractivity contribution is 0.588. The van der Waals surface area contributed by atoms with Gasteiger partial charge in [-0.2, -0.15) is 0 Å². The van der Waals surface area contributed by atoms with Crippen LogP contribution in [0.1, 0.15) is 12.5 Å². The number of nitrogens with one attached hydrogen (secondary N) is 3. The van der Waals surface area contributed by atoms with Crippen molar-refractivity contribution in [1.29, 1.82) is 0 Å². The molecule has 6 nitrogen and oxygen atoms in total. The quantitative estimate of drug-likeness (QED) is 0.400. The summed E-state index contributed by atoms with van der Waals surface area (Å²) in [4.78, 5) is 4.60. The summed E-state index contributed by atoms with van der Waals surface area (Å²) in [6.07, 6.45) is 5.19. The molecule has 0 fully saturated rings. The van der Waals surface area contributed by atoms with Crippen LogP contribution in [0.2, 0.25) is 0 Å². The topological polar surface area (TPSA) is 82.6 Å². The van der Waals surface area contributed by atoms with Crippen LogP contribution >= 0.6 is 0 Å². The molecule has 1 aromatic rings. The minimum atomic E-state index is -3.40. The van der Waals surface area contributed by atoms with E-state index in [9.17, 15) is 8.42 Å². The third kappa shape index (κ3) is 5.45. The van der Waals surface area contributed by atoms with E-state index in [0.717, 1.165) is 12.1 Å². The molecule has 7 heteroatoms. The Balaban J connectivity index is 2.77. The highest BCUT2D eigenvalue weighted by molar-refractivity contribution is 7.89. The van der Waals surface area contributed by atoms with Gasteiger partial charge in [0.15, 0.2) is 5.96 Å². The molecule has 0 aliphatic carbocycles. The molecule has 0 spiro atoms. The van der Waals surface area contributed by atoms with Gasteiger partial charge in [0.25, 0.3) is 0 Å². The van der Waals surface area contributed by atoms with Crippen LogP contribution in [-0.2, 0) is 16.6 Å². The van der Waals surface area contributed by atoms with Gasteiger partial charge in [0.2, 0.25) is 10.0 Å². The second kappa shape index (κ2) is 8.29. The predicted molar refractivity (Wildman–Crippen MR) is 84.3 cm³/mol. The molecule has 0 amide bonds. The third-order valence-electron chi connectivity index (χ3n) is 2.62. The Hall–Kier alpha value is -2.04. The fourth-order valence-corrected chi connectivity index (χ4v) is 2.27. The minimum Gasteiger partial charge on any atom is -0.357 e. The number of guanidine groups is 1. The minimum absolute atomic E-state index is 0.232. The second-order valence-corrected chi connectivity index (χ2v) is 5.99. The largest absolute Gasteiger partial charge is 0.357 e. The van der Waals surface area contributed by atoms with Crippen molar-refractivity contribution in [3.8, 4) is 12.3 Å². The van der Waals surface area contributed by atoms with Crippen LogP contribution in [0.4, 0.5) is 0 Å². The van der Waals surface area contributed by atoms with Gasteiger partial charge in [0.1, 0.15) is 0 Å². The smallest absolute Gasteiger partial charge is 0.240 e. The van der Waals surface area contributed by atoms with Gasteiger partial charge in [0.05, 0.1) is 18.0 Å². The molecule has 0 saturated heterocycles. The molecule has 0 aliphatic rings. The van der Waals surface area contributed by atoms with Crippen LogP contribution in [0.25, 0.3) is 0 Å². The van der Waals surface area contributed by atoms with E-state index in [0.29, 0.717) is 19.0 Å². The summed E-state index contributed by atoms with van der Waals surface area (Å²) in [7, 11) is -2.02. The highest BCUT2D eigenvalue weighted by Gasteiger charge is 2.10. The molecule has 0 bridgehead atoms. The number of hydrogen-bond acceptors (Lipinski definition) is 3. The molecule has 1 aromatic carbocycles. The monoisotopic (exact) mass is 308 g/mol. The van der Waals surface area contributed by atoms with Crippen LogP contribution < -0.4 is 15.4 Å². The lowest BCUT2D eigenvalue weighted by Crippen LogP contribution is -2.37. The molecular weight excluding hydrogens is 288 g/mol. The van der Waals surface area contributed by atoms with E-state index in [-0.39, 0.29) is 4.90 Å². The van der Waals surface area contributed by atoms with Crippen molar-refractivity contribution in [2.75, 3.05) is 20.1 Å². The summed E-state index contributed by atoms with van der Waals surface area (Å²) < 4.78 is 25.5. The summed E-state index contributed by atoms with van der Waals surface area (Å²) in [5.41, 5.74) is 0.906. The first-order valence-corrected chi connectivity index (χ1v) is 8.00.